The first-order chi connectivity index (χ1) is 29.6. The predicted octanol–water partition coefficient (Wildman–Crippen LogP) is 8.99. The van der Waals surface area contributed by atoms with Gasteiger partial charge in [-0.25, -0.2) is 0 Å². The van der Waals surface area contributed by atoms with Crippen LogP contribution in [0.1, 0.15) is 57.5 Å². The predicted molar refractivity (Wildman–Crippen MR) is 233 cm³/mol. The molecular weight excluding hydrogens is 909 g/mol. The molecule has 0 aromatic heterocycles. The molecular formula is C43H37Cl4N2O12P. The van der Waals surface area contributed by atoms with Gasteiger partial charge in [0.05, 0.1) is 20.1 Å². The summed E-state index contributed by atoms with van der Waals surface area (Å²) in [7, 11) is -4.68. The molecule has 1 aliphatic carbocycles. The van der Waals surface area contributed by atoms with Crippen molar-refractivity contribution in [1.29, 1.82) is 0 Å². The number of nitrogens with one attached hydrogen (secondary N) is 2. The maximum absolute atomic E-state index is 13.6. The summed E-state index contributed by atoms with van der Waals surface area (Å²) in [6.45, 7) is -1.52. The van der Waals surface area contributed by atoms with Crippen LogP contribution in [0.25, 0.3) is 12.2 Å². The summed E-state index contributed by atoms with van der Waals surface area (Å²) < 4.78 is 33.1. The molecule has 2 fully saturated rings. The number of carbonyl (C=O) groups excluding carboxylic acids is 6. The number of esters is 1. The molecule has 4 aromatic carbocycles. The van der Waals surface area contributed by atoms with E-state index in [0.717, 1.165) is 20.0 Å². The van der Waals surface area contributed by atoms with Crippen LogP contribution in [-0.4, -0.2) is 67.9 Å². The summed E-state index contributed by atoms with van der Waals surface area (Å²) in [5.41, 5.74) is 1.96. The standard InChI is InChI=1S/C43H37Cl4N2O12P/c1-56-42(54)43(55)61-62(48-36-4-2-3-5-37(36)49-62,59-40(52)24-57-30-14-6-26(7-15-30)10-20-38(50)28-12-18-32(44)34(46)22-28)60-41(53)25-58-31-16-8-27(9-17-31)11-21-39(51)29-13-19-33(45)35(47)23-29/h6-23,36-37,48-49H,2-5,24-25H2,1H3/b20-10+,21-11+. The van der Waals surface area contributed by atoms with Crippen molar-refractivity contribution in [3.8, 4) is 11.5 Å². The SMILES string of the molecule is COC(=O)C(=O)OP1(OC(=O)COc2ccc(/C=C/C(=O)c3ccc(Cl)c(Cl)c3)cc2)(OC(=O)COc2ccc(/C=C/C(=O)c3ccc(Cl)c(Cl)c3)cc2)NC2CCCCC2N1. The van der Waals surface area contributed by atoms with E-state index in [-0.39, 0.29) is 33.1 Å². The third-order valence-corrected chi connectivity index (χ3v) is 14.0. The molecule has 2 unspecified atom stereocenters. The summed E-state index contributed by atoms with van der Waals surface area (Å²) in [6.07, 6.45) is 8.42. The summed E-state index contributed by atoms with van der Waals surface area (Å²) in [6, 6.07) is 20.8. The second kappa shape index (κ2) is 20.3. The minimum absolute atomic E-state index is 0.219. The van der Waals surface area contributed by atoms with Gasteiger partial charge < -0.3 is 0 Å². The van der Waals surface area contributed by atoms with E-state index in [1.54, 1.807) is 48.6 Å². The van der Waals surface area contributed by atoms with Crippen LogP contribution in [0.4, 0.5) is 0 Å². The molecule has 2 atom stereocenters. The number of hydrogen-bond acceptors (Lipinski definition) is 14. The van der Waals surface area contributed by atoms with Crippen molar-refractivity contribution in [1.82, 2.24) is 10.2 Å². The first kappa shape index (κ1) is 46.2. The zero-order valence-electron chi connectivity index (χ0n) is 32.6. The van der Waals surface area contributed by atoms with E-state index in [1.807, 2.05) is 0 Å². The molecule has 0 spiro atoms. The fraction of sp³-hybridized carbons (Fsp3) is 0.209. The van der Waals surface area contributed by atoms with E-state index >= 15 is 0 Å². The number of methoxy groups -OCH3 is 1. The Morgan fingerprint density at radius 3 is 1.39 bits per heavy atom. The van der Waals surface area contributed by atoms with Crippen LogP contribution < -0.4 is 19.6 Å². The van der Waals surface area contributed by atoms with Gasteiger partial charge in [-0.3, -0.25) is 0 Å². The van der Waals surface area contributed by atoms with Crippen LogP contribution in [0.5, 0.6) is 11.5 Å². The Morgan fingerprint density at radius 2 is 1.00 bits per heavy atom. The van der Waals surface area contributed by atoms with Crippen molar-refractivity contribution >= 4 is 102 Å². The first-order valence-electron chi connectivity index (χ1n) is 18.8. The molecule has 1 heterocycles. The molecule has 1 saturated carbocycles. The van der Waals surface area contributed by atoms with Crippen LogP contribution in [0.15, 0.2) is 97.1 Å². The fourth-order valence-electron chi connectivity index (χ4n) is 6.43. The number of ketones is 2. The number of benzene rings is 4. The Labute approximate surface area is 375 Å². The van der Waals surface area contributed by atoms with E-state index in [2.05, 4.69) is 14.9 Å². The molecule has 0 bridgehead atoms. The molecule has 14 nitrogen and oxygen atoms in total. The number of allylic oxidation sites excluding steroid dienone is 2. The van der Waals surface area contributed by atoms with E-state index in [1.165, 1.54) is 60.7 Å². The summed E-state index contributed by atoms with van der Waals surface area (Å²) in [4.78, 5) is 77.9. The summed E-state index contributed by atoms with van der Waals surface area (Å²) in [5.74, 6) is -5.49. The summed E-state index contributed by atoms with van der Waals surface area (Å²) >= 11 is 23.9. The fourth-order valence-corrected chi connectivity index (χ4v) is 10.5. The average molecular weight is 947 g/mol. The average Bonchev–Trinajstić information content (AvgIpc) is 3.58. The Morgan fingerprint density at radius 1 is 0.581 bits per heavy atom. The molecule has 2 aliphatic rings. The minimum atomic E-state index is -5.63. The second-order valence-electron chi connectivity index (χ2n) is 13.8. The molecule has 4 aromatic rings. The van der Waals surface area contributed by atoms with Gasteiger partial charge in [-0.1, -0.05) is 46.4 Å². The third-order valence-electron chi connectivity index (χ3n) is 9.42. The van der Waals surface area contributed by atoms with Gasteiger partial charge in [-0.15, -0.1) is 0 Å². The van der Waals surface area contributed by atoms with Gasteiger partial charge >= 0.3 is 274 Å². The van der Waals surface area contributed by atoms with Gasteiger partial charge in [0, 0.05) is 0 Å². The van der Waals surface area contributed by atoms with Gasteiger partial charge in [0.25, 0.3) is 0 Å². The van der Waals surface area contributed by atoms with Crippen LogP contribution in [-0.2, 0) is 37.5 Å². The number of halogens is 4. The van der Waals surface area contributed by atoms with Gasteiger partial charge in [0.2, 0.25) is 0 Å². The van der Waals surface area contributed by atoms with Crippen LogP contribution >= 0.6 is 54.0 Å². The van der Waals surface area contributed by atoms with E-state index < -0.39 is 56.8 Å². The number of hydrogen-bond donors (Lipinski definition) is 2. The monoisotopic (exact) mass is 944 g/mol. The third kappa shape index (κ3) is 11.8. The van der Waals surface area contributed by atoms with Gasteiger partial charge in [-0.05, 0) is 36.4 Å². The van der Waals surface area contributed by atoms with Crippen molar-refractivity contribution in [2.75, 3.05) is 20.3 Å². The van der Waals surface area contributed by atoms with Crippen LogP contribution in [0.3, 0.4) is 0 Å². The van der Waals surface area contributed by atoms with Gasteiger partial charge in [0.15, 0.2) is 0 Å². The number of carbonyl (C=O) groups is 6. The van der Waals surface area contributed by atoms with E-state index in [0.29, 0.717) is 45.1 Å². The van der Waals surface area contributed by atoms with E-state index in [4.69, 9.17) is 69.4 Å². The van der Waals surface area contributed by atoms with Crippen molar-refractivity contribution in [2.24, 2.45) is 0 Å². The number of ether oxygens (including phenoxy) is 3. The molecule has 0 radical (unpaired) electrons. The maximum atomic E-state index is 13.6. The molecule has 1 saturated heterocycles. The molecule has 62 heavy (non-hydrogen) atoms. The Bertz CT molecular complexity index is 2290. The van der Waals surface area contributed by atoms with Crippen LogP contribution in [0, 0.1) is 0 Å². The number of fused-ring (bicyclic) bond motifs is 1. The first-order valence-corrected chi connectivity index (χ1v) is 22.3. The van der Waals surface area contributed by atoms with Gasteiger partial charge in [0.1, 0.15) is 0 Å². The normalized spacial score (nSPS) is 18.1. The zero-order chi connectivity index (χ0) is 44.5. The van der Waals surface area contributed by atoms with Crippen molar-refractivity contribution in [2.45, 2.75) is 37.8 Å². The topological polar surface area (TPSA) is 182 Å². The van der Waals surface area contributed by atoms with Crippen LogP contribution in [0.2, 0.25) is 20.1 Å². The molecule has 0 amide bonds. The zero-order valence-corrected chi connectivity index (χ0v) is 36.6. The molecule has 1 aliphatic heterocycles. The van der Waals surface area contributed by atoms with Crippen molar-refractivity contribution in [3.63, 3.8) is 0 Å². The molecule has 6 rings (SSSR count). The molecule has 2 N–H and O–H groups in total. The quantitative estimate of drug-likeness (QED) is 0.0379. The van der Waals surface area contributed by atoms with E-state index in [9.17, 15) is 28.8 Å². The Hall–Kier alpha value is -5.31. The van der Waals surface area contributed by atoms with Gasteiger partial charge in [-0.2, -0.15) is 0 Å². The molecule has 19 heteroatoms. The van der Waals surface area contributed by atoms with Crippen molar-refractivity contribution < 1.29 is 56.5 Å². The number of rotatable bonds is 15. The van der Waals surface area contributed by atoms with Crippen molar-refractivity contribution in [3.05, 3.63) is 139 Å². The molecule has 324 valence electrons. The Kier molecular flexibility index (Phi) is 15.1. The summed E-state index contributed by atoms with van der Waals surface area (Å²) in [5, 5.41) is 7.06. The second-order valence-corrected chi connectivity index (χ2v) is 18.3. The Balaban J connectivity index is 1.13.